The molecule has 0 amide bonds. The molecule has 2 atom stereocenters. The van der Waals surface area contributed by atoms with E-state index in [2.05, 4.69) is 20.1 Å². The number of aryl methyl sites for hydroxylation is 1. The number of hydrogen-bond acceptors (Lipinski definition) is 3. The first-order valence-corrected chi connectivity index (χ1v) is 8.24. The van der Waals surface area contributed by atoms with Crippen molar-refractivity contribution in [2.45, 2.75) is 76.7 Å². The van der Waals surface area contributed by atoms with Crippen LogP contribution >= 0.6 is 0 Å². The predicted octanol–water partition coefficient (Wildman–Crippen LogP) is 3.22. The lowest BCUT2D eigenvalue weighted by molar-refractivity contribution is -0.148. The number of nitrogens with one attached hydrogen (secondary N) is 1. The van der Waals surface area contributed by atoms with Gasteiger partial charge in [0.15, 0.2) is 0 Å². The summed E-state index contributed by atoms with van der Waals surface area (Å²) >= 11 is 0. The summed E-state index contributed by atoms with van der Waals surface area (Å²) in [4.78, 5) is 0. The number of fused-ring (bicyclic) bond motifs is 1. The first kappa shape index (κ1) is 15.8. The molecular weight excluding hydrogens is 293 g/mol. The second-order valence-electron chi connectivity index (χ2n) is 6.49. The van der Waals surface area contributed by atoms with Crippen molar-refractivity contribution in [2.75, 3.05) is 0 Å². The summed E-state index contributed by atoms with van der Waals surface area (Å²) in [5.74, 6) is 1.57. The molecule has 1 fully saturated rings. The Kier molecular flexibility index (Phi) is 4.70. The lowest BCUT2D eigenvalue weighted by Crippen LogP contribution is -2.40. The first-order chi connectivity index (χ1) is 10.5. The maximum absolute atomic E-state index is 12.7. The van der Waals surface area contributed by atoms with Gasteiger partial charge in [-0.25, -0.2) is 0 Å². The minimum absolute atomic E-state index is 0.0630. The SMILES string of the molecule is FC(F)(F)C[C@@H]1CCCC[C@@H]1NCc1nnc2n1CCCC2. The second-order valence-corrected chi connectivity index (χ2v) is 6.49. The number of halogens is 3. The Balaban J connectivity index is 1.60. The monoisotopic (exact) mass is 316 g/mol. The summed E-state index contributed by atoms with van der Waals surface area (Å²) in [6.45, 7) is 1.45. The summed E-state index contributed by atoms with van der Waals surface area (Å²) < 4.78 is 40.2. The molecule has 1 aliphatic carbocycles. The Morgan fingerprint density at radius 3 is 2.73 bits per heavy atom. The molecule has 3 rings (SSSR count). The smallest absolute Gasteiger partial charge is 0.314 e. The maximum atomic E-state index is 12.7. The fourth-order valence-electron chi connectivity index (χ4n) is 3.74. The van der Waals surface area contributed by atoms with Crippen LogP contribution in [0.15, 0.2) is 0 Å². The third-order valence-corrected chi connectivity index (χ3v) is 4.86. The van der Waals surface area contributed by atoms with Crippen molar-refractivity contribution >= 4 is 0 Å². The molecule has 1 N–H and O–H groups in total. The van der Waals surface area contributed by atoms with E-state index in [1.807, 2.05) is 0 Å². The van der Waals surface area contributed by atoms with E-state index in [0.717, 1.165) is 56.7 Å². The van der Waals surface area contributed by atoms with Crippen molar-refractivity contribution < 1.29 is 13.2 Å². The van der Waals surface area contributed by atoms with Gasteiger partial charge in [-0.05, 0) is 31.6 Å². The zero-order valence-corrected chi connectivity index (χ0v) is 12.7. The van der Waals surface area contributed by atoms with Gasteiger partial charge in [-0.1, -0.05) is 12.8 Å². The topological polar surface area (TPSA) is 42.7 Å². The van der Waals surface area contributed by atoms with E-state index in [9.17, 15) is 13.2 Å². The van der Waals surface area contributed by atoms with E-state index in [1.54, 1.807) is 0 Å². The average Bonchev–Trinajstić information content (AvgIpc) is 2.88. The molecule has 0 unspecified atom stereocenters. The number of alkyl halides is 3. The van der Waals surface area contributed by atoms with Crippen LogP contribution < -0.4 is 5.32 Å². The van der Waals surface area contributed by atoms with E-state index < -0.39 is 12.6 Å². The van der Waals surface area contributed by atoms with Crippen LogP contribution in [0.3, 0.4) is 0 Å². The van der Waals surface area contributed by atoms with E-state index in [-0.39, 0.29) is 12.0 Å². The summed E-state index contributed by atoms with van der Waals surface area (Å²) in [6.07, 6.45) is 1.85. The highest BCUT2D eigenvalue weighted by Gasteiger charge is 2.36. The molecule has 1 aromatic heterocycles. The van der Waals surface area contributed by atoms with Crippen LogP contribution in [0.4, 0.5) is 13.2 Å². The quantitative estimate of drug-likeness (QED) is 0.927. The van der Waals surface area contributed by atoms with E-state index in [4.69, 9.17) is 0 Å². The fraction of sp³-hybridized carbons (Fsp3) is 0.867. The normalized spacial score (nSPS) is 26.0. The third kappa shape index (κ3) is 3.80. The van der Waals surface area contributed by atoms with Crippen molar-refractivity contribution in [2.24, 2.45) is 5.92 Å². The van der Waals surface area contributed by atoms with Crippen LogP contribution in [0.2, 0.25) is 0 Å². The molecule has 0 spiro atoms. The molecule has 0 saturated heterocycles. The molecule has 0 bridgehead atoms. The Bertz CT molecular complexity index is 497. The molecule has 2 heterocycles. The maximum Gasteiger partial charge on any atom is 0.389 e. The Morgan fingerprint density at radius 2 is 1.91 bits per heavy atom. The largest absolute Gasteiger partial charge is 0.389 e. The standard InChI is InChI=1S/C15H23F3N4/c16-15(17,18)9-11-5-1-2-6-12(11)19-10-14-21-20-13-7-3-4-8-22(13)14/h11-12,19H,1-10H2/t11-,12-/m0/s1. The molecule has 7 heteroatoms. The van der Waals surface area contributed by atoms with Crippen LogP contribution in [0.1, 0.15) is 56.6 Å². The molecule has 4 nitrogen and oxygen atoms in total. The third-order valence-electron chi connectivity index (χ3n) is 4.86. The number of aromatic nitrogens is 3. The van der Waals surface area contributed by atoms with Gasteiger partial charge in [-0.15, -0.1) is 10.2 Å². The number of rotatable bonds is 4. The zero-order chi connectivity index (χ0) is 15.6. The van der Waals surface area contributed by atoms with Crippen molar-refractivity contribution in [3.05, 3.63) is 11.6 Å². The van der Waals surface area contributed by atoms with Crippen LogP contribution in [0.5, 0.6) is 0 Å². The van der Waals surface area contributed by atoms with E-state index in [0.29, 0.717) is 13.0 Å². The minimum atomic E-state index is -4.07. The van der Waals surface area contributed by atoms with Gasteiger partial charge < -0.3 is 9.88 Å². The summed E-state index contributed by atoms with van der Waals surface area (Å²) in [5.41, 5.74) is 0. The van der Waals surface area contributed by atoms with Crippen molar-refractivity contribution in [1.29, 1.82) is 0 Å². The fourth-order valence-corrected chi connectivity index (χ4v) is 3.74. The van der Waals surface area contributed by atoms with E-state index in [1.165, 1.54) is 0 Å². The summed E-state index contributed by atoms with van der Waals surface area (Å²) in [6, 6.07) is -0.0630. The minimum Gasteiger partial charge on any atom is -0.314 e. The lowest BCUT2D eigenvalue weighted by Gasteiger charge is -2.33. The molecule has 2 aliphatic rings. The van der Waals surface area contributed by atoms with Crippen LogP contribution in [-0.2, 0) is 19.5 Å². The van der Waals surface area contributed by atoms with Gasteiger partial charge >= 0.3 is 6.18 Å². The summed E-state index contributed by atoms with van der Waals surface area (Å²) in [7, 11) is 0. The lowest BCUT2D eigenvalue weighted by atomic mass is 9.82. The highest BCUT2D eigenvalue weighted by atomic mass is 19.4. The molecule has 1 aliphatic heterocycles. The molecular formula is C15H23F3N4. The highest BCUT2D eigenvalue weighted by molar-refractivity contribution is 4.99. The van der Waals surface area contributed by atoms with Gasteiger partial charge in [0.05, 0.1) is 6.54 Å². The van der Waals surface area contributed by atoms with Gasteiger partial charge in [0.2, 0.25) is 0 Å². The molecule has 1 saturated carbocycles. The molecule has 22 heavy (non-hydrogen) atoms. The highest BCUT2D eigenvalue weighted by Crippen LogP contribution is 2.34. The molecule has 124 valence electrons. The van der Waals surface area contributed by atoms with Gasteiger partial charge in [0, 0.05) is 25.4 Å². The van der Waals surface area contributed by atoms with E-state index >= 15 is 0 Å². The average molecular weight is 316 g/mol. The Hall–Kier alpha value is -1.11. The van der Waals surface area contributed by atoms with Crippen molar-refractivity contribution in [3.8, 4) is 0 Å². The van der Waals surface area contributed by atoms with Crippen molar-refractivity contribution in [1.82, 2.24) is 20.1 Å². The molecule has 0 radical (unpaired) electrons. The van der Waals surface area contributed by atoms with Gasteiger partial charge in [-0.3, -0.25) is 0 Å². The second kappa shape index (κ2) is 6.56. The van der Waals surface area contributed by atoms with Crippen molar-refractivity contribution in [3.63, 3.8) is 0 Å². The van der Waals surface area contributed by atoms with Gasteiger partial charge in [0.25, 0.3) is 0 Å². The molecule has 1 aromatic rings. The Morgan fingerprint density at radius 1 is 1.09 bits per heavy atom. The van der Waals surface area contributed by atoms with Gasteiger partial charge in [0.1, 0.15) is 11.6 Å². The van der Waals surface area contributed by atoms with Crippen LogP contribution in [-0.4, -0.2) is 27.0 Å². The molecule has 0 aromatic carbocycles. The van der Waals surface area contributed by atoms with Crippen LogP contribution in [0.25, 0.3) is 0 Å². The summed E-state index contributed by atoms with van der Waals surface area (Å²) in [5, 5.41) is 11.7. The Labute approximate surface area is 128 Å². The van der Waals surface area contributed by atoms with Crippen LogP contribution in [0, 0.1) is 5.92 Å². The zero-order valence-electron chi connectivity index (χ0n) is 12.7. The van der Waals surface area contributed by atoms with Gasteiger partial charge in [-0.2, -0.15) is 13.2 Å². The number of hydrogen-bond donors (Lipinski definition) is 1. The predicted molar refractivity (Wildman–Crippen MR) is 76.2 cm³/mol. The first-order valence-electron chi connectivity index (χ1n) is 8.24. The number of nitrogens with zero attached hydrogens (tertiary/aromatic N) is 3.